The van der Waals surface area contributed by atoms with E-state index in [2.05, 4.69) is 37.5 Å². The van der Waals surface area contributed by atoms with Gasteiger partial charge >= 0.3 is 0 Å². The van der Waals surface area contributed by atoms with E-state index in [1.807, 2.05) is 0 Å². The van der Waals surface area contributed by atoms with Crippen LogP contribution in [0.15, 0.2) is 6.33 Å². The summed E-state index contributed by atoms with van der Waals surface area (Å²) in [4.78, 5) is 16.4. The summed E-state index contributed by atoms with van der Waals surface area (Å²) < 4.78 is 0. The third kappa shape index (κ3) is 3.43. The van der Waals surface area contributed by atoms with Crippen molar-refractivity contribution in [1.29, 1.82) is 0 Å². The van der Waals surface area contributed by atoms with Crippen molar-refractivity contribution in [1.82, 2.24) is 19.9 Å². The van der Waals surface area contributed by atoms with Crippen LogP contribution in [0.4, 0.5) is 11.8 Å². The number of fused-ring (bicyclic) bond motifs is 1. The standard InChI is InChI=1S/C15H24N6/c1-2-8-17-15-20-13(12-14(21-15)19-10-18-12)16-9-7-11-5-3-4-6-11/h10-11H,2-9H2,1H3,(H3,16,17,18,19,20,21). The first-order chi connectivity index (χ1) is 10.4. The molecule has 3 N–H and O–H groups in total. The number of nitrogens with zero attached hydrogens (tertiary/aromatic N) is 3. The van der Waals surface area contributed by atoms with Crippen LogP contribution >= 0.6 is 0 Å². The fourth-order valence-corrected chi connectivity index (χ4v) is 2.97. The Hall–Kier alpha value is -1.85. The summed E-state index contributed by atoms with van der Waals surface area (Å²) in [5.41, 5.74) is 1.61. The van der Waals surface area contributed by atoms with Crippen molar-refractivity contribution in [3.63, 3.8) is 0 Å². The van der Waals surface area contributed by atoms with Gasteiger partial charge in [0, 0.05) is 13.1 Å². The Kier molecular flexibility index (Phi) is 4.52. The van der Waals surface area contributed by atoms with E-state index in [1.165, 1.54) is 32.1 Å². The van der Waals surface area contributed by atoms with Gasteiger partial charge in [0.1, 0.15) is 5.52 Å². The van der Waals surface area contributed by atoms with Crippen LogP contribution in [0.2, 0.25) is 0 Å². The van der Waals surface area contributed by atoms with Crippen LogP contribution in [-0.2, 0) is 0 Å². The highest BCUT2D eigenvalue weighted by atomic mass is 15.2. The number of rotatable bonds is 7. The van der Waals surface area contributed by atoms with Gasteiger partial charge in [-0.2, -0.15) is 9.97 Å². The van der Waals surface area contributed by atoms with E-state index in [-0.39, 0.29) is 0 Å². The lowest BCUT2D eigenvalue weighted by molar-refractivity contribution is 0.518. The van der Waals surface area contributed by atoms with E-state index in [0.717, 1.165) is 36.8 Å². The fraction of sp³-hybridized carbons (Fsp3) is 0.667. The Labute approximate surface area is 125 Å². The van der Waals surface area contributed by atoms with E-state index >= 15 is 0 Å². The zero-order valence-electron chi connectivity index (χ0n) is 12.7. The molecule has 0 bridgehead atoms. The Morgan fingerprint density at radius 2 is 2.05 bits per heavy atom. The maximum absolute atomic E-state index is 4.57. The van der Waals surface area contributed by atoms with Crippen LogP contribution in [0.5, 0.6) is 0 Å². The number of H-pyrrole nitrogens is 1. The number of aromatic amines is 1. The third-order valence-corrected chi connectivity index (χ3v) is 4.14. The number of anilines is 2. The molecule has 114 valence electrons. The normalized spacial score (nSPS) is 15.7. The fourth-order valence-electron chi connectivity index (χ4n) is 2.97. The molecule has 3 rings (SSSR count). The van der Waals surface area contributed by atoms with Gasteiger partial charge in [0.2, 0.25) is 5.95 Å². The Bertz CT molecular complexity index is 573. The van der Waals surface area contributed by atoms with Gasteiger partial charge in [-0.3, -0.25) is 0 Å². The Morgan fingerprint density at radius 3 is 2.86 bits per heavy atom. The number of nitrogens with one attached hydrogen (secondary N) is 3. The van der Waals surface area contributed by atoms with Crippen LogP contribution in [0.25, 0.3) is 11.2 Å². The largest absolute Gasteiger partial charge is 0.368 e. The van der Waals surface area contributed by atoms with Crippen molar-refractivity contribution in [2.24, 2.45) is 5.92 Å². The van der Waals surface area contributed by atoms with Gasteiger partial charge in [-0.15, -0.1) is 0 Å². The second-order valence-corrected chi connectivity index (χ2v) is 5.79. The molecule has 0 aromatic carbocycles. The molecule has 1 aliphatic rings. The van der Waals surface area contributed by atoms with E-state index in [4.69, 9.17) is 0 Å². The predicted molar refractivity (Wildman–Crippen MR) is 85.5 cm³/mol. The van der Waals surface area contributed by atoms with Crippen molar-refractivity contribution in [2.75, 3.05) is 23.7 Å². The summed E-state index contributed by atoms with van der Waals surface area (Å²) in [7, 11) is 0. The highest BCUT2D eigenvalue weighted by Crippen LogP contribution is 2.27. The average Bonchev–Trinajstić information content (AvgIpc) is 3.15. The molecular weight excluding hydrogens is 264 g/mol. The van der Waals surface area contributed by atoms with Crippen LogP contribution < -0.4 is 10.6 Å². The lowest BCUT2D eigenvalue weighted by Crippen LogP contribution is -2.11. The topological polar surface area (TPSA) is 78.5 Å². The van der Waals surface area contributed by atoms with Gasteiger partial charge in [0.15, 0.2) is 11.5 Å². The third-order valence-electron chi connectivity index (χ3n) is 4.14. The maximum Gasteiger partial charge on any atom is 0.226 e. The van der Waals surface area contributed by atoms with Crippen molar-refractivity contribution in [3.05, 3.63) is 6.33 Å². The van der Waals surface area contributed by atoms with Gasteiger partial charge in [-0.1, -0.05) is 32.6 Å². The van der Waals surface area contributed by atoms with Gasteiger partial charge in [0.25, 0.3) is 0 Å². The molecule has 0 radical (unpaired) electrons. The minimum absolute atomic E-state index is 0.653. The zero-order chi connectivity index (χ0) is 14.5. The van der Waals surface area contributed by atoms with E-state index in [1.54, 1.807) is 6.33 Å². The van der Waals surface area contributed by atoms with Crippen molar-refractivity contribution in [2.45, 2.75) is 45.4 Å². The number of imidazole rings is 1. The second kappa shape index (κ2) is 6.74. The van der Waals surface area contributed by atoms with E-state index < -0.39 is 0 Å². The second-order valence-electron chi connectivity index (χ2n) is 5.79. The zero-order valence-corrected chi connectivity index (χ0v) is 12.7. The smallest absolute Gasteiger partial charge is 0.226 e. The van der Waals surface area contributed by atoms with Crippen molar-refractivity contribution >= 4 is 22.9 Å². The molecule has 2 heterocycles. The van der Waals surface area contributed by atoms with Crippen LogP contribution in [0, 0.1) is 5.92 Å². The quantitative estimate of drug-likeness (QED) is 0.729. The summed E-state index contributed by atoms with van der Waals surface area (Å²) >= 11 is 0. The Balaban J connectivity index is 1.68. The van der Waals surface area contributed by atoms with E-state index in [9.17, 15) is 0 Å². The molecule has 6 heteroatoms. The molecule has 1 saturated carbocycles. The van der Waals surface area contributed by atoms with Crippen LogP contribution in [0.3, 0.4) is 0 Å². The minimum atomic E-state index is 0.653. The van der Waals surface area contributed by atoms with Crippen LogP contribution in [-0.4, -0.2) is 33.0 Å². The monoisotopic (exact) mass is 288 g/mol. The first-order valence-electron chi connectivity index (χ1n) is 8.05. The van der Waals surface area contributed by atoms with Crippen molar-refractivity contribution < 1.29 is 0 Å². The molecule has 0 aliphatic heterocycles. The predicted octanol–water partition coefficient (Wildman–Crippen LogP) is 3.17. The molecule has 0 atom stereocenters. The van der Waals surface area contributed by atoms with Gasteiger partial charge in [0.05, 0.1) is 6.33 Å². The molecule has 6 nitrogen and oxygen atoms in total. The molecule has 0 spiro atoms. The van der Waals surface area contributed by atoms with E-state index in [0.29, 0.717) is 11.6 Å². The first-order valence-corrected chi connectivity index (χ1v) is 8.05. The lowest BCUT2D eigenvalue weighted by atomic mass is 10.0. The number of aromatic nitrogens is 4. The highest BCUT2D eigenvalue weighted by molar-refractivity contribution is 5.83. The highest BCUT2D eigenvalue weighted by Gasteiger charge is 2.15. The molecule has 1 aliphatic carbocycles. The van der Waals surface area contributed by atoms with Gasteiger partial charge in [-0.25, -0.2) is 4.98 Å². The molecule has 0 unspecified atom stereocenters. The Morgan fingerprint density at radius 1 is 1.19 bits per heavy atom. The molecule has 2 aromatic rings. The molecule has 0 amide bonds. The minimum Gasteiger partial charge on any atom is -0.368 e. The summed E-state index contributed by atoms with van der Waals surface area (Å²) in [5, 5.41) is 6.69. The summed E-state index contributed by atoms with van der Waals surface area (Å²) in [6, 6.07) is 0. The number of hydrogen-bond acceptors (Lipinski definition) is 5. The molecule has 0 saturated heterocycles. The maximum atomic E-state index is 4.57. The summed E-state index contributed by atoms with van der Waals surface area (Å²) in [5.74, 6) is 2.39. The average molecular weight is 288 g/mol. The van der Waals surface area contributed by atoms with Gasteiger partial charge in [-0.05, 0) is 18.8 Å². The van der Waals surface area contributed by atoms with Crippen LogP contribution in [0.1, 0.15) is 45.4 Å². The van der Waals surface area contributed by atoms with Gasteiger partial charge < -0.3 is 15.6 Å². The molecular formula is C15H24N6. The number of hydrogen-bond donors (Lipinski definition) is 3. The molecule has 1 fully saturated rings. The van der Waals surface area contributed by atoms with Crippen molar-refractivity contribution in [3.8, 4) is 0 Å². The summed E-state index contributed by atoms with van der Waals surface area (Å²) in [6.45, 7) is 3.96. The summed E-state index contributed by atoms with van der Waals surface area (Å²) in [6.07, 6.45) is 9.50. The first kappa shape index (κ1) is 14.1. The SMILES string of the molecule is CCCNc1nc(NCCC2CCCC2)c2[nH]cnc2n1. The lowest BCUT2D eigenvalue weighted by Gasteiger charge is -2.11. The molecule has 2 aromatic heterocycles. The molecule has 21 heavy (non-hydrogen) atoms.